The van der Waals surface area contributed by atoms with Crippen LogP contribution in [0.5, 0.6) is 0 Å². The van der Waals surface area contributed by atoms with E-state index in [0.717, 1.165) is 4.90 Å². The molecular formula is C6H10N4O. The molecule has 0 aromatic heterocycles. The van der Waals surface area contributed by atoms with E-state index in [9.17, 15) is 4.79 Å². The molecule has 0 heterocycles. The van der Waals surface area contributed by atoms with Crippen LogP contribution in [-0.4, -0.2) is 42.7 Å². The minimum atomic E-state index is -0.478. The van der Waals surface area contributed by atoms with Crippen molar-refractivity contribution in [2.24, 2.45) is 0 Å². The highest BCUT2D eigenvalue weighted by Crippen LogP contribution is 1.86. The molecule has 1 amide bonds. The molecule has 0 aliphatic carbocycles. The molecular weight excluding hydrogens is 144 g/mol. The van der Waals surface area contributed by atoms with Gasteiger partial charge >= 0.3 is 0 Å². The summed E-state index contributed by atoms with van der Waals surface area (Å²) >= 11 is 0. The molecule has 0 aliphatic rings. The summed E-state index contributed by atoms with van der Waals surface area (Å²) in [5, 5.41) is 15.4. The van der Waals surface area contributed by atoms with Gasteiger partial charge in [0.2, 0.25) is 5.84 Å². The fraction of sp³-hybridized carbons (Fsp3) is 0.500. The molecule has 0 saturated carbocycles. The SMILES string of the molecule is CN(C)C(=O)C(=N)N(C)C#N. The molecule has 60 valence electrons. The molecule has 11 heavy (non-hydrogen) atoms. The molecule has 0 aromatic rings. The van der Waals surface area contributed by atoms with E-state index in [-0.39, 0.29) is 5.84 Å². The molecule has 0 radical (unpaired) electrons. The lowest BCUT2D eigenvalue weighted by atomic mass is 10.5. The molecule has 0 atom stereocenters. The number of carbonyl (C=O) groups is 1. The Balaban J connectivity index is 4.29. The Kier molecular flexibility index (Phi) is 3.05. The molecule has 0 aliphatic heterocycles. The molecule has 0 rings (SSSR count). The second-order valence-corrected chi connectivity index (χ2v) is 2.21. The Morgan fingerprint density at radius 2 is 1.91 bits per heavy atom. The van der Waals surface area contributed by atoms with E-state index in [4.69, 9.17) is 10.7 Å². The quantitative estimate of drug-likeness (QED) is 0.220. The first-order valence-corrected chi connectivity index (χ1v) is 2.94. The van der Waals surface area contributed by atoms with Crippen LogP contribution in [0.25, 0.3) is 0 Å². The van der Waals surface area contributed by atoms with Gasteiger partial charge in [0, 0.05) is 21.1 Å². The standard InChI is InChI=1S/C6H10N4O/c1-9(2)6(11)5(8)10(3)4-7/h8H,1-3H3. The molecule has 0 aromatic carbocycles. The number of amides is 1. The van der Waals surface area contributed by atoms with E-state index < -0.39 is 5.91 Å². The van der Waals surface area contributed by atoms with Crippen molar-refractivity contribution < 1.29 is 4.79 Å². The predicted octanol–water partition coefficient (Wildman–Crippen LogP) is -0.535. The number of hydrogen-bond donors (Lipinski definition) is 1. The largest absolute Gasteiger partial charge is 0.342 e. The maximum atomic E-state index is 11.0. The van der Waals surface area contributed by atoms with Gasteiger partial charge in [0.15, 0.2) is 6.19 Å². The lowest BCUT2D eigenvalue weighted by Crippen LogP contribution is -2.37. The van der Waals surface area contributed by atoms with Gasteiger partial charge in [0.05, 0.1) is 0 Å². The van der Waals surface area contributed by atoms with Crippen LogP contribution in [-0.2, 0) is 4.79 Å². The Hall–Kier alpha value is -1.57. The van der Waals surface area contributed by atoms with E-state index in [1.165, 1.54) is 26.0 Å². The maximum Gasteiger partial charge on any atom is 0.289 e. The van der Waals surface area contributed by atoms with Crippen molar-refractivity contribution in [3.8, 4) is 6.19 Å². The fourth-order valence-corrected chi connectivity index (χ4v) is 0.405. The highest BCUT2D eigenvalue weighted by molar-refractivity contribution is 6.36. The number of rotatable bonds is 0. The average Bonchev–Trinajstić information content (AvgIpc) is 2.00. The molecule has 5 nitrogen and oxygen atoms in total. The van der Waals surface area contributed by atoms with Crippen LogP contribution in [0.15, 0.2) is 0 Å². The number of carbonyl (C=O) groups excluding carboxylic acids is 1. The summed E-state index contributed by atoms with van der Waals surface area (Å²) in [5.41, 5.74) is 0. The third kappa shape index (κ3) is 2.26. The topological polar surface area (TPSA) is 71.2 Å². The highest BCUT2D eigenvalue weighted by atomic mass is 16.2. The Labute approximate surface area is 65.3 Å². The van der Waals surface area contributed by atoms with Gasteiger partial charge in [-0.1, -0.05) is 0 Å². The number of hydrogen-bond acceptors (Lipinski definition) is 3. The predicted molar refractivity (Wildman–Crippen MR) is 39.8 cm³/mol. The van der Waals surface area contributed by atoms with Crippen LogP contribution in [0.3, 0.4) is 0 Å². The number of likely N-dealkylation sites (N-methyl/N-ethyl adjacent to an activating group) is 2. The summed E-state index contributed by atoms with van der Waals surface area (Å²) in [5.74, 6) is -0.799. The minimum absolute atomic E-state index is 0.322. The maximum absolute atomic E-state index is 11.0. The van der Waals surface area contributed by atoms with Crippen LogP contribution in [0.4, 0.5) is 0 Å². The van der Waals surface area contributed by atoms with Gasteiger partial charge in [-0.25, -0.2) is 0 Å². The van der Waals surface area contributed by atoms with Crippen LogP contribution in [0.1, 0.15) is 0 Å². The summed E-state index contributed by atoms with van der Waals surface area (Å²) in [6.07, 6.45) is 1.66. The Morgan fingerprint density at radius 1 is 1.45 bits per heavy atom. The number of nitrogens with zero attached hydrogens (tertiary/aromatic N) is 3. The zero-order valence-electron chi connectivity index (χ0n) is 6.75. The molecule has 5 heteroatoms. The van der Waals surface area contributed by atoms with Crippen molar-refractivity contribution in [2.75, 3.05) is 21.1 Å². The first-order chi connectivity index (χ1) is 5.00. The molecule has 0 bridgehead atoms. The van der Waals surface area contributed by atoms with E-state index in [1.54, 1.807) is 6.19 Å². The van der Waals surface area contributed by atoms with Gasteiger partial charge in [-0.2, -0.15) is 5.26 Å². The van der Waals surface area contributed by atoms with Crippen molar-refractivity contribution in [1.82, 2.24) is 9.80 Å². The number of amidine groups is 1. The van der Waals surface area contributed by atoms with Gasteiger partial charge in [-0.3, -0.25) is 15.1 Å². The summed E-state index contributed by atoms with van der Waals surface area (Å²) < 4.78 is 0. The number of nitriles is 1. The van der Waals surface area contributed by atoms with Crippen molar-refractivity contribution in [3.63, 3.8) is 0 Å². The molecule has 1 N–H and O–H groups in total. The summed E-state index contributed by atoms with van der Waals surface area (Å²) in [7, 11) is 4.42. The van der Waals surface area contributed by atoms with Gasteiger partial charge in [-0.05, 0) is 0 Å². The van der Waals surface area contributed by atoms with E-state index in [1.807, 2.05) is 0 Å². The summed E-state index contributed by atoms with van der Waals surface area (Å²) in [6, 6.07) is 0. The van der Waals surface area contributed by atoms with Crippen LogP contribution < -0.4 is 0 Å². The van der Waals surface area contributed by atoms with Crippen LogP contribution in [0.2, 0.25) is 0 Å². The zero-order valence-corrected chi connectivity index (χ0v) is 6.75. The van der Waals surface area contributed by atoms with Crippen molar-refractivity contribution in [1.29, 1.82) is 10.7 Å². The van der Waals surface area contributed by atoms with Crippen molar-refractivity contribution >= 4 is 11.7 Å². The summed E-state index contributed by atoms with van der Waals surface area (Å²) in [6.45, 7) is 0. The zero-order chi connectivity index (χ0) is 9.02. The van der Waals surface area contributed by atoms with Gasteiger partial charge in [0.25, 0.3) is 5.91 Å². The molecule has 0 spiro atoms. The van der Waals surface area contributed by atoms with Gasteiger partial charge in [-0.15, -0.1) is 0 Å². The second kappa shape index (κ2) is 3.56. The van der Waals surface area contributed by atoms with Crippen molar-refractivity contribution in [3.05, 3.63) is 0 Å². The molecule has 0 unspecified atom stereocenters. The van der Waals surface area contributed by atoms with E-state index in [0.29, 0.717) is 0 Å². The van der Waals surface area contributed by atoms with Crippen LogP contribution in [0, 0.1) is 16.9 Å². The average molecular weight is 154 g/mol. The minimum Gasteiger partial charge on any atom is -0.342 e. The Bertz CT molecular complexity index is 215. The first-order valence-electron chi connectivity index (χ1n) is 2.94. The lowest BCUT2D eigenvalue weighted by molar-refractivity contribution is -0.122. The van der Waals surface area contributed by atoms with E-state index >= 15 is 0 Å². The third-order valence-electron chi connectivity index (χ3n) is 1.09. The fourth-order valence-electron chi connectivity index (χ4n) is 0.405. The van der Waals surface area contributed by atoms with Gasteiger partial charge in [0.1, 0.15) is 0 Å². The van der Waals surface area contributed by atoms with Crippen LogP contribution >= 0.6 is 0 Å². The summed E-state index contributed by atoms with van der Waals surface area (Å²) in [4.78, 5) is 13.1. The number of nitrogens with one attached hydrogen (secondary N) is 1. The first kappa shape index (κ1) is 9.43. The van der Waals surface area contributed by atoms with E-state index in [2.05, 4.69) is 0 Å². The second-order valence-electron chi connectivity index (χ2n) is 2.21. The monoisotopic (exact) mass is 154 g/mol. The smallest absolute Gasteiger partial charge is 0.289 e. The molecule has 0 saturated heterocycles. The molecule has 0 fully saturated rings. The third-order valence-corrected chi connectivity index (χ3v) is 1.09. The van der Waals surface area contributed by atoms with Gasteiger partial charge < -0.3 is 4.90 Å². The normalized spacial score (nSPS) is 8.18. The van der Waals surface area contributed by atoms with Crippen molar-refractivity contribution in [2.45, 2.75) is 0 Å². The highest BCUT2D eigenvalue weighted by Gasteiger charge is 2.14. The lowest BCUT2D eigenvalue weighted by Gasteiger charge is -2.13. The Morgan fingerprint density at radius 3 is 2.18 bits per heavy atom.